The molecule has 0 spiro atoms. The van der Waals surface area contributed by atoms with Crippen molar-refractivity contribution in [3.63, 3.8) is 0 Å². The molecule has 0 atom stereocenters. The standard InChI is InChI=1S/C19H16ClN3O3/c20-17-7-6-15(23(25)26)11-13(17)5-8-19(24)21-10-9-14-12-22-18-4-2-1-3-16(14)18/h1-8,11-12,22H,9-10H2,(H,21,24). The normalized spacial score (nSPS) is 11.1. The number of carbonyl (C=O) groups excluding carboxylic acids is 1. The Balaban J connectivity index is 1.58. The molecule has 1 aromatic heterocycles. The zero-order chi connectivity index (χ0) is 18.5. The Kier molecular flexibility index (Phi) is 5.34. The Morgan fingerprint density at radius 1 is 1.27 bits per heavy atom. The topological polar surface area (TPSA) is 88.0 Å². The first kappa shape index (κ1) is 17.7. The number of para-hydroxylation sites is 1. The van der Waals surface area contributed by atoms with Gasteiger partial charge in [-0.25, -0.2) is 0 Å². The van der Waals surface area contributed by atoms with Crippen LogP contribution in [0.2, 0.25) is 5.02 Å². The van der Waals surface area contributed by atoms with Gasteiger partial charge in [0.2, 0.25) is 5.91 Å². The Bertz CT molecular complexity index is 995. The van der Waals surface area contributed by atoms with Crippen molar-refractivity contribution >= 4 is 40.2 Å². The zero-order valence-corrected chi connectivity index (χ0v) is 14.5. The van der Waals surface area contributed by atoms with E-state index in [0.29, 0.717) is 23.6 Å². The summed E-state index contributed by atoms with van der Waals surface area (Å²) in [6.07, 6.45) is 5.42. The van der Waals surface area contributed by atoms with Crippen molar-refractivity contribution in [1.82, 2.24) is 10.3 Å². The lowest BCUT2D eigenvalue weighted by molar-refractivity contribution is -0.384. The average molecular weight is 370 g/mol. The summed E-state index contributed by atoms with van der Waals surface area (Å²) in [6, 6.07) is 12.1. The van der Waals surface area contributed by atoms with E-state index in [1.807, 2.05) is 30.5 Å². The SMILES string of the molecule is O=C(C=Cc1cc([N+](=O)[O-])ccc1Cl)NCCc1c[nH]c2ccccc12. The maximum atomic E-state index is 12.0. The third-order valence-electron chi connectivity index (χ3n) is 3.97. The molecule has 1 amide bonds. The van der Waals surface area contributed by atoms with Crippen molar-refractivity contribution in [3.8, 4) is 0 Å². The Morgan fingerprint density at radius 2 is 2.08 bits per heavy atom. The molecule has 0 fully saturated rings. The van der Waals surface area contributed by atoms with Crippen LogP contribution in [0.3, 0.4) is 0 Å². The summed E-state index contributed by atoms with van der Waals surface area (Å²) >= 11 is 6.00. The maximum absolute atomic E-state index is 12.0. The minimum Gasteiger partial charge on any atom is -0.361 e. The van der Waals surface area contributed by atoms with E-state index in [4.69, 9.17) is 11.6 Å². The number of hydrogen-bond acceptors (Lipinski definition) is 3. The van der Waals surface area contributed by atoms with Crippen LogP contribution in [0.25, 0.3) is 17.0 Å². The van der Waals surface area contributed by atoms with E-state index >= 15 is 0 Å². The summed E-state index contributed by atoms with van der Waals surface area (Å²) in [5, 5.41) is 15.1. The van der Waals surface area contributed by atoms with E-state index in [9.17, 15) is 14.9 Å². The summed E-state index contributed by atoms with van der Waals surface area (Å²) in [7, 11) is 0. The minimum absolute atomic E-state index is 0.0752. The van der Waals surface area contributed by atoms with Gasteiger partial charge in [-0.2, -0.15) is 0 Å². The van der Waals surface area contributed by atoms with Crippen LogP contribution in [0.1, 0.15) is 11.1 Å². The number of halogens is 1. The van der Waals surface area contributed by atoms with E-state index in [1.165, 1.54) is 30.4 Å². The molecule has 3 aromatic rings. The second-order valence-electron chi connectivity index (χ2n) is 5.70. The third-order valence-corrected chi connectivity index (χ3v) is 4.32. The molecule has 0 radical (unpaired) electrons. The molecule has 132 valence electrons. The van der Waals surface area contributed by atoms with Crippen LogP contribution in [-0.2, 0) is 11.2 Å². The summed E-state index contributed by atoms with van der Waals surface area (Å²) in [5.41, 5.74) is 2.54. The van der Waals surface area contributed by atoms with E-state index in [2.05, 4.69) is 10.3 Å². The fourth-order valence-electron chi connectivity index (χ4n) is 2.66. The molecule has 0 aliphatic rings. The number of non-ortho nitro benzene ring substituents is 1. The number of benzene rings is 2. The van der Waals surface area contributed by atoms with E-state index in [1.54, 1.807) is 0 Å². The second-order valence-corrected chi connectivity index (χ2v) is 6.10. The van der Waals surface area contributed by atoms with Crippen molar-refractivity contribution in [2.24, 2.45) is 0 Å². The monoisotopic (exact) mass is 369 g/mol. The first-order chi connectivity index (χ1) is 12.5. The summed E-state index contributed by atoms with van der Waals surface area (Å²) in [4.78, 5) is 25.5. The number of carbonyl (C=O) groups is 1. The van der Waals surface area contributed by atoms with Crippen LogP contribution in [-0.4, -0.2) is 22.4 Å². The van der Waals surface area contributed by atoms with Crippen LogP contribution in [0.15, 0.2) is 54.7 Å². The van der Waals surface area contributed by atoms with Crippen LogP contribution in [0.5, 0.6) is 0 Å². The minimum atomic E-state index is -0.505. The molecule has 1 heterocycles. The molecule has 0 bridgehead atoms. The maximum Gasteiger partial charge on any atom is 0.270 e. The van der Waals surface area contributed by atoms with Crippen LogP contribution >= 0.6 is 11.6 Å². The van der Waals surface area contributed by atoms with Crippen LogP contribution in [0.4, 0.5) is 5.69 Å². The van der Waals surface area contributed by atoms with Crippen molar-refractivity contribution < 1.29 is 9.72 Å². The van der Waals surface area contributed by atoms with Gasteiger partial charge in [-0.3, -0.25) is 14.9 Å². The quantitative estimate of drug-likeness (QED) is 0.389. The molecule has 26 heavy (non-hydrogen) atoms. The first-order valence-corrected chi connectivity index (χ1v) is 8.37. The number of nitro benzene ring substituents is 1. The molecular weight excluding hydrogens is 354 g/mol. The number of amides is 1. The molecule has 0 aliphatic carbocycles. The van der Waals surface area contributed by atoms with Gasteiger partial charge in [-0.05, 0) is 30.2 Å². The predicted molar refractivity (Wildman–Crippen MR) is 102 cm³/mol. The molecule has 2 N–H and O–H groups in total. The van der Waals surface area contributed by atoms with Gasteiger partial charge in [0.25, 0.3) is 5.69 Å². The molecule has 2 aromatic carbocycles. The summed E-state index contributed by atoms with van der Waals surface area (Å²) in [6.45, 7) is 0.480. The van der Waals surface area contributed by atoms with E-state index < -0.39 is 4.92 Å². The van der Waals surface area contributed by atoms with Gasteiger partial charge >= 0.3 is 0 Å². The Labute approximate surface area is 154 Å². The lowest BCUT2D eigenvalue weighted by Crippen LogP contribution is -2.23. The summed E-state index contributed by atoms with van der Waals surface area (Å²) < 4.78 is 0. The molecule has 0 aliphatic heterocycles. The van der Waals surface area contributed by atoms with Crippen LogP contribution < -0.4 is 5.32 Å². The highest BCUT2D eigenvalue weighted by Crippen LogP contribution is 2.23. The Morgan fingerprint density at radius 3 is 2.88 bits per heavy atom. The number of nitrogens with zero attached hydrogens (tertiary/aromatic N) is 1. The van der Waals surface area contributed by atoms with Crippen molar-refractivity contribution in [3.05, 3.63) is 81.0 Å². The first-order valence-electron chi connectivity index (χ1n) is 7.99. The number of nitrogens with one attached hydrogen (secondary N) is 2. The number of fused-ring (bicyclic) bond motifs is 1. The highest BCUT2D eigenvalue weighted by molar-refractivity contribution is 6.32. The van der Waals surface area contributed by atoms with Gasteiger partial charge in [0, 0.05) is 52.4 Å². The van der Waals surface area contributed by atoms with Gasteiger partial charge in [0.15, 0.2) is 0 Å². The number of H-pyrrole nitrogens is 1. The molecule has 6 nitrogen and oxygen atoms in total. The van der Waals surface area contributed by atoms with Gasteiger partial charge in [0.1, 0.15) is 0 Å². The number of aromatic nitrogens is 1. The van der Waals surface area contributed by atoms with Crippen LogP contribution in [0, 0.1) is 10.1 Å². The van der Waals surface area contributed by atoms with Gasteiger partial charge in [0.05, 0.1) is 4.92 Å². The van der Waals surface area contributed by atoms with Crippen molar-refractivity contribution in [2.75, 3.05) is 6.54 Å². The third kappa shape index (κ3) is 4.10. The largest absolute Gasteiger partial charge is 0.361 e. The smallest absolute Gasteiger partial charge is 0.270 e. The lowest BCUT2D eigenvalue weighted by atomic mass is 10.1. The lowest BCUT2D eigenvalue weighted by Gasteiger charge is -2.02. The zero-order valence-electron chi connectivity index (χ0n) is 13.7. The average Bonchev–Trinajstić information content (AvgIpc) is 3.04. The fourth-order valence-corrected chi connectivity index (χ4v) is 2.84. The van der Waals surface area contributed by atoms with E-state index in [0.717, 1.165) is 16.5 Å². The number of aromatic amines is 1. The summed E-state index contributed by atoms with van der Waals surface area (Å²) in [5.74, 6) is -0.285. The number of nitro groups is 1. The molecule has 7 heteroatoms. The van der Waals surface area contributed by atoms with Crippen molar-refractivity contribution in [1.29, 1.82) is 0 Å². The molecular formula is C19H16ClN3O3. The van der Waals surface area contributed by atoms with Gasteiger partial charge < -0.3 is 10.3 Å². The van der Waals surface area contributed by atoms with Crippen molar-refractivity contribution in [2.45, 2.75) is 6.42 Å². The molecule has 0 saturated carbocycles. The molecule has 0 saturated heterocycles. The Hall–Kier alpha value is -3.12. The fraction of sp³-hybridized carbons (Fsp3) is 0.105. The highest BCUT2D eigenvalue weighted by Gasteiger charge is 2.08. The van der Waals surface area contributed by atoms with E-state index in [-0.39, 0.29) is 11.6 Å². The van der Waals surface area contributed by atoms with Gasteiger partial charge in [-0.1, -0.05) is 29.8 Å². The highest BCUT2D eigenvalue weighted by atomic mass is 35.5. The molecule has 0 unspecified atom stereocenters. The number of hydrogen-bond donors (Lipinski definition) is 2. The predicted octanol–water partition coefficient (Wildman–Crippen LogP) is 4.10. The molecule has 3 rings (SSSR count). The second kappa shape index (κ2) is 7.84. The van der Waals surface area contributed by atoms with Gasteiger partial charge in [-0.15, -0.1) is 0 Å². The number of rotatable bonds is 6.